The highest BCUT2D eigenvalue weighted by Crippen LogP contribution is 2.20. The van der Waals surface area contributed by atoms with Crippen LogP contribution < -0.4 is 0 Å². The van der Waals surface area contributed by atoms with Crippen LogP contribution in [0, 0.1) is 0 Å². The second-order valence-corrected chi connectivity index (χ2v) is 3.00. The number of benzene rings is 1. The van der Waals surface area contributed by atoms with Crippen molar-refractivity contribution in [2.24, 2.45) is 0 Å². The smallest absolute Gasteiger partial charge is 0.233 e. The molecule has 0 amide bonds. The minimum absolute atomic E-state index is 0.447. The first-order chi connectivity index (χ1) is 5.79. The van der Waals surface area contributed by atoms with Crippen molar-refractivity contribution in [3.8, 4) is 0 Å². The predicted octanol–water partition coefficient (Wildman–Crippen LogP) is 2.66. The zero-order valence-electron chi connectivity index (χ0n) is 7.50. The standard InChI is InChI=1S/C11H13O/c1-3-9(2)11-7-5-4-6-10(11)8-12/h4-7,9H,3H2,1-2H3. The van der Waals surface area contributed by atoms with Gasteiger partial charge in [0.1, 0.15) is 0 Å². The van der Waals surface area contributed by atoms with E-state index in [9.17, 15) is 4.79 Å². The maximum absolute atomic E-state index is 10.5. The zero-order chi connectivity index (χ0) is 8.97. The van der Waals surface area contributed by atoms with Gasteiger partial charge in [0.15, 0.2) is 0 Å². The van der Waals surface area contributed by atoms with Crippen LogP contribution in [-0.4, -0.2) is 6.29 Å². The highest BCUT2D eigenvalue weighted by Gasteiger charge is 2.07. The Bertz CT molecular complexity index is 265. The van der Waals surface area contributed by atoms with Crippen molar-refractivity contribution >= 4 is 6.29 Å². The van der Waals surface area contributed by atoms with Gasteiger partial charge in [0.2, 0.25) is 6.29 Å². The largest absolute Gasteiger partial charge is 0.285 e. The molecule has 1 nitrogen and oxygen atoms in total. The molecule has 0 fully saturated rings. The van der Waals surface area contributed by atoms with Crippen molar-refractivity contribution in [3.05, 3.63) is 35.4 Å². The Hall–Kier alpha value is -1.11. The fourth-order valence-corrected chi connectivity index (χ4v) is 1.24. The Morgan fingerprint density at radius 1 is 1.42 bits per heavy atom. The summed E-state index contributed by atoms with van der Waals surface area (Å²) < 4.78 is 0. The van der Waals surface area contributed by atoms with E-state index in [0.717, 1.165) is 12.0 Å². The molecule has 63 valence electrons. The topological polar surface area (TPSA) is 17.1 Å². The van der Waals surface area contributed by atoms with Crippen molar-refractivity contribution in [2.45, 2.75) is 26.2 Å². The molecule has 0 spiro atoms. The predicted molar refractivity (Wildman–Crippen MR) is 49.9 cm³/mol. The normalized spacial score (nSPS) is 12.5. The van der Waals surface area contributed by atoms with E-state index < -0.39 is 0 Å². The number of hydrogen-bond donors (Lipinski definition) is 0. The number of carbonyl (C=O) groups excluding carboxylic acids is 1. The third-order valence-electron chi connectivity index (χ3n) is 2.21. The van der Waals surface area contributed by atoms with E-state index in [4.69, 9.17) is 0 Å². The molecule has 0 saturated carbocycles. The van der Waals surface area contributed by atoms with E-state index in [1.807, 2.05) is 30.6 Å². The minimum atomic E-state index is 0.447. The third kappa shape index (κ3) is 1.73. The summed E-state index contributed by atoms with van der Waals surface area (Å²) in [5.41, 5.74) is 1.81. The quantitative estimate of drug-likeness (QED) is 0.666. The molecule has 0 bridgehead atoms. The van der Waals surface area contributed by atoms with Crippen molar-refractivity contribution in [3.63, 3.8) is 0 Å². The second-order valence-electron chi connectivity index (χ2n) is 3.00. The van der Waals surface area contributed by atoms with Gasteiger partial charge in [0.25, 0.3) is 0 Å². The summed E-state index contributed by atoms with van der Waals surface area (Å²) in [4.78, 5) is 10.5. The molecule has 1 heteroatoms. The maximum atomic E-state index is 10.5. The summed E-state index contributed by atoms with van der Waals surface area (Å²) in [6.07, 6.45) is 3.02. The molecule has 1 unspecified atom stereocenters. The van der Waals surface area contributed by atoms with Gasteiger partial charge < -0.3 is 0 Å². The number of rotatable bonds is 3. The van der Waals surface area contributed by atoms with Crippen LogP contribution in [0.15, 0.2) is 24.3 Å². The van der Waals surface area contributed by atoms with Crippen molar-refractivity contribution in [1.29, 1.82) is 0 Å². The minimum Gasteiger partial charge on any atom is -0.285 e. The van der Waals surface area contributed by atoms with Crippen LogP contribution >= 0.6 is 0 Å². The molecule has 0 aliphatic rings. The van der Waals surface area contributed by atoms with E-state index in [1.165, 1.54) is 0 Å². The monoisotopic (exact) mass is 161 g/mol. The molecule has 1 rings (SSSR count). The summed E-state index contributed by atoms with van der Waals surface area (Å²) >= 11 is 0. The lowest BCUT2D eigenvalue weighted by atomic mass is 9.94. The summed E-state index contributed by atoms with van der Waals surface area (Å²) in [6, 6.07) is 7.64. The third-order valence-corrected chi connectivity index (χ3v) is 2.21. The summed E-state index contributed by atoms with van der Waals surface area (Å²) in [5, 5.41) is 0. The van der Waals surface area contributed by atoms with Gasteiger partial charge in [-0.2, -0.15) is 0 Å². The van der Waals surface area contributed by atoms with Gasteiger partial charge in [-0.25, -0.2) is 0 Å². The molecule has 0 aromatic heterocycles. The maximum Gasteiger partial charge on any atom is 0.233 e. The highest BCUT2D eigenvalue weighted by molar-refractivity contribution is 5.77. The van der Waals surface area contributed by atoms with Crippen LogP contribution in [0.3, 0.4) is 0 Å². The van der Waals surface area contributed by atoms with Crippen LogP contribution in [0.4, 0.5) is 0 Å². The average Bonchev–Trinajstić information content (AvgIpc) is 2.16. The second kappa shape index (κ2) is 4.05. The fourth-order valence-electron chi connectivity index (χ4n) is 1.24. The first kappa shape index (κ1) is 8.98. The van der Waals surface area contributed by atoms with Gasteiger partial charge in [0, 0.05) is 5.56 Å². The molecule has 0 aliphatic heterocycles. The van der Waals surface area contributed by atoms with E-state index >= 15 is 0 Å². The van der Waals surface area contributed by atoms with E-state index in [0.29, 0.717) is 11.5 Å². The van der Waals surface area contributed by atoms with Gasteiger partial charge in [-0.05, 0) is 17.9 Å². The molecule has 0 heterocycles. The Labute approximate surface area is 73.4 Å². The van der Waals surface area contributed by atoms with Crippen LogP contribution in [0.5, 0.6) is 0 Å². The molecule has 1 aromatic carbocycles. The van der Waals surface area contributed by atoms with Gasteiger partial charge >= 0.3 is 0 Å². The SMILES string of the molecule is CCC(C)c1ccccc1[C]=O. The van der Waals surface area contributed by atoms with Gasteiger partial charge in [-0.3, -0.25) is 4.79 Å². The molecular formula is C11H13O. The summed E-state index contributed by atoms with van der Waals surface area (Å²) in [5.74, 6) is 0.447. The van der Waals surface area contributed by atoms with Crippen LogP contribution in [0.25, 0.3) is 0 Å². The molecule has 0 N–H and O–H groups in total. The van der Waals surface area contributed by atoms with Crippen LogP contribution in [0.1, 0.15) is 37.3 Å². The van der Waals surface area contributed by atoms with E-state index in [2.05, 4.69) is 13.8 Å². The van der Waals surface area contributed by atoms with Crippen molar-refractivity contribution in [1.82, 2.24) is 0 Å². The van der Waals surface area contributed by atoms with Crippen molar-refractivity contribution < 1.29 is 4.79 Å². The number of hydrogen-bond acceptors (Lipinski definition) is 1. The Morgan fingerprint density at radius 3 is 2.67 bits per heavy atom. The molecule has 1 radical (unpaired) electrons. The summed E-state index contributed by atoms with van der Waals surface area (Å²) in [7, 11) is 0. The Balaban J connectivity index is 3.04. The van der Waals surface area contributed by atoms with Crippen molar-refractivity contribution in [2.75, 3.05) is 0 Å². The van der Waals surface area contributed by atoms with E-state index in [-0.39, 0.29) is 0 Å². The average molecular weight is 161 g/mol. The molecule has 0 aliphatic carbocycles. The molecule has 12 heavy (non-hydrogen) atoms. The molecule has 1 aromatic rings. The Morgan fingerprint density at radius 2 is 2.08 bits per heavy atom. The van der Waals surface area contributed by atoms with Gasteiger partial charge in [-0.15, -0.1) is 0 Å². The van der Waals surface area contributed by atoms with Crippen LogP contribution in [0.2, 0.25) is 0 Å². The molecule has 0 saturated heterocycles. The first-order valence-corrected chi connectivity index (χ1v) is 4.26. The summed E-state index contributed by atoms with van der Waals surface area (Å²) in [6.45, 7) is 4.24. The first-order valence-electron chi connectivity index (χ1n) is 4.26. The highest BCUT2D eigenvalue weighted by atomic mass is 16.1. The fraction of sp³-hybridized carbons (Fsp3) is 0.364. The lowest BCUT2D eigenvalue weighted by Gasteiger charge is -2.09. The lowest BCUT2D eigenvalue weighted by Crippen LogP contribution is -1.96. The Kier molecular flexibility index (Phi) is 3.03. The lowest BCUT2D eigenvalue weighted by molar-refractivity contribution is 0.561. The zero-order valence-corrected chi connectivity index (χ0v) is 7.50. The van der Waals surface area contributed by atoms with Crippen LogP contribution in [-0.2, 0) is 4.79 Å². The van der Waals surface area contributed by atoms with Gasteiger partial charge in [0.05, 0.1) is 0 Å². The van der Waals surface area contributed by atoms with Gasteiger partial charge in [-0.1, -0.05) is 38.1 Å². The molecule has 1 atom stereocenters. The van der Waals surface area contributed by atoms with E-state index in [1.54, 1.807) is 0 Å². The molecular weight excluding hydrogens is 148 g/mol.